The third-order valence-electron chi connectivity index (χ3n) is 3.42. The van der Waals surface area contributed by atoms with Crippen LogP contribution in [0.5, 0.6) is 5.75 Å². The highest BCUT2D eigenvalue weighted by atomic mass is 35.5. The Morgan fingerprint density at radius 2 is 2.12 bits per heavy atom. The second kappa shape index (κ2) is 6.27. The molecule has 0 spiro atoms. The van der Waals surface area contributed by atoms with Crippen molar-refractivity contribution >= 4 is 11.6 Å². The molecular formula is C14H20ClNO. The number of methoxy groups -OCH3 is 1. The van der Waals surface area contributed by atoms with Crippen LogP contribution in [0.4, 0.5) is 0 Å². The van der Waals surface area contributed by atoms with Crippen LogP contribution in [0.25, 0.3) is 0 Å². The number of nitrogens with one attached hydrogen (secondary N) is 1. The van der Waals surface area contributed by atoms with Gasteiger partial charge in [-0.2, -0.15) is 0 Å². The number of halogens is 1. The average molecular weight is 254 g/mol. The number of hydrogen-bond donors (Lipinski definition) is 1. The molecule has 1 aromatic carbocycles. The van der Waals surface area contributed by atoms with Crippen molar-refractivity contribution in [3.05, 3.63) is 28.8 Å². The Hall–Kier alpha value is -0.730. The minimum atomic E-state index is 0.700. The van der Waals surface area contributed by atoms with E-state index in [0.717, 1.165) is 24.8 Å². The van der Waals surface area contributed by atoms with Gasteiger partial charge in [0.05, 0.1) is 12.1 Å². The summed E-state index contributed by atoms with van der Waals surface area (Å²) in [6.07, 6.45) is 6.46. The van der Waals surface area contributed by atoms with Crippen molar-refractivity contribution in [2.75, 3.05) is 13.7 Å². The monoisotopic (exact) mass is 253 g/mol. The van der Waals surface area contributed by atoms with E-state index in [1.54, 1.807) is 7.11 Å². The summed E-state index contributed by atoms with van der Waals surface area (Å²) in [4.78, 5) is 0. The maximum atomic E-state index is 6.09. The van der Waals surface area contributed by atoms with Crippen molar-refractivity contribution in [3.8, 4) is 5.75 Å². The number of benzene rings is 1. The topological polar surface area (TPSA) is 21.3 Å². The maximum Gasteiger partial charge on any atom is 0.137 e. The molecule has 0 saturated heterocycles. The molecule has 0 aromatic heterocycles. The molecule has 2 nitrogen and oxygen atoms in total. The van der Waals surface area contributed by atoms with Gasteiger partial charge in [-0.05, 0) is 43.5 Å². The van der Waals surface area contributed by atoms with Gasteiger partial charge in [0.15, 0.2) is 0 Å². The first-order valence-corrected chi connectivity index (χ1v) is 6.73. The van der Waals surface area contributed by atoms with Crippen LogP contribution in [0.15, 0.2) is 18.2 Å². The minimum Gasteiger partial charge on any atom is -0.495 e. The van der Waals surface area contributed by atoms with E-state index in [2.05, 4.69) is 11.4 Å². The normalized spacial score (nSPS) is 16.4. The lowest BCUT2D eigenvalue weighted by Crippen LogP contribution is -2.27. The van der Waals surface area contributed by atoms with E-state index in [9.17, 15) is 0 Å². The zero-order valence-electron chi connectivity index (χ0n) is 10.3. The molecule has 2 rings (SSSR count). The van der Waals surface area contributed by atoms with Crippen LogP contribution in [-0.2, 0) is 6.42 Å². The highest BCUT2D eigenvalue weighted by molar-refractivity contribution is 6.32. The Morgan fingerprint density at radius 3 is 2.76 bits per heavy atom. The van der Waals surface area contributed by atoms with Crippen LogP contribution in [-0.4, -0.2) is 19.7 Å². The molecule has 0 aliphatic heterocycles. The van der Waals surface area contributed by atoms with Gasteiger partial charge in [0.25, 0.3) is 0 Å². The van der Waals surface area contributed by atoms with Crippen LogP contribution >= 0.6 is 11.6 Å². The lowest BCUT2D eigenvalue weighted by molar-refractivity contribution is 0.415. The van der Waals surface area contributed by atoms with Crippen LogP contribution in [0.3, 0.4) is 0 Å². The van der Waals surface area contributed by atoms with Crippen molar-refractivity contribution in [1.82, 2.24) is 5.32 Å². The van der Waals surface area contributed by atoms with Gasteiger partial charge in [-0.15, -0.1) is 0 Å². The molecule has 0 amide bonds. The molecule has 1 saturated carbocycles. The molecule has 0 radical (unpaired) electrons. The SMILES string of the molecule is COc1ccc(CCNC2CCCC2)cc1Cl. The van der Waals surface area contributed by atoms with Crippen LogP contribution in [0.2, 0.25) is 5.02 Å². The van der Waals surface area contributed by atoms with E-state index >= 15 is 0 Å². The summed E-state index contributed by atoms with van der Waals surface area (Å²) in [5.41, 5.74) is 1.27. The average Bonchev–Trinajstić information content (AvgIpc) is 2.82. The first-order chi connectivity index (χ1) is 8.29. The van der Waals surface area contributed by atoms with Crippen molar-refractivity contribution in [2.24, 2.45) is 0 Å². The third kappa shape index (κ3) is 3.62. The van der Waals surface area contributed by atoms with Crippen LogP contribution < -0.4 is 10.1 Å². The quantitative estimate of drug-likeness (QED) is 0.868. The predicted octanol–water partition coefficient (Wildman–Crippen LogP) is 3.42. The molecule has 1 N–H and O–H groups in total. The van der Waals surface area contributed by atoms with E-state index in [-0.39, 0.29) is 0 Å². The van der Waals surface area contributed by atoms with E-state index in [4.69, 9.17) is 16.3 Å². The lowest BCUT2D eigenvalue weighted by atomic mass is 10.1. The first kappa shape index (κ1) is 12.7. The second-order valence-electron chi connectivity index (χ2n) is 4.65. The fraction of sp³-hybridized carbons (Fsp3) is 0.571. The summed E-state index contributed by atoms with van der Waals surface area (Å²) in [6, 6.07) is 6.76. The lowest BCUT2D eigenvalue weighted by Gasteiger charge is -2.12. The van der Waals surface area contributed by atoms with Crippen molar-refractivity contribution in [2.45, 2.75) is 38.1 Å². The molecule has 1 aliphatic carbocycles. The van der Waals surface area contributed by atoms with Crippen LogP contribution in [0, 0.1) is 0 Å². The summed E-state index contributed by atoms with van der Waals surface area (Å²) < 4.78 is 5.14. The Bertz CT molecular complexity index is 361. The molecule has 17 heavy (non-hydrogen) atoms. The van der Waals surface area contributed by atoms with Gasteiger partial charge in [0.1, 0.15) is 5.75 Å². The van der Waals surface area contributed by atoms with E-state index in [1.165, 1.54) is 31.2 Å². The Balaban J connectivity index is 1.80. The Morgan fingerprint density at radius 1 is 1.35 bits per heavy atom. The fourth-order valence-corrected chi connectivity index (χ4v) is 2.70. The highest BCUT2D eigenvalue weighted by Crippen LogP contribution is 2.25. The number of ether oxygens (including phenoxy) is 1. The zero-order valence-corrected chi connectivity index (χ0v) is 11.1. The Labute approximate surface area is 108 Å². The summed E-state index contributed by atoms with van der Waals surface area (Å²) in [5, 5.41) is 4.30. The van der Waals surface area contributed by atoms with E-state index in [1.807, 2.05) is 12.1 Å². The van der Waals surface area contributed by atoms with E-state index in [0.29, 0.717) is 5.02 Å². The Kier molecular flexibility index (Phi) is 4.69. The molecule has 1 aliphatic rings. The summed E-state index contributed by atoms with van der Waals surface area (Å²) in [6.45, 7) is 1.04. The van der Waals surface area contributed by atoms with Crippen molar-refractivity contribution < 1.29 is 4.74 Å². The molecule has 94 valence electrons. The van der Waals surface area contributed by atoms with Gasteiger partial charge in [-0.1, -0.05) is 30.5 Å². The minimum absolute atomic E-state index is 0.700. The first-order valence-electron chi connectivity index (χ1n) is 6.35. The van der Waals surface area contributed by atoms with Crippen LogP contribution in [0.1, 0.15) is 31.2 Å². The largest absolute Gasteiger partial charge is 0.495 e. The molecule has 3 heteroatoms. The maximum absolute atomic E-state index is 6.09. The summed E-state index contributed by atoms with van der Waals surface area (Å²) >= 11 is 6.09. The van der Waals surface area contributed by atoms with Gasteiger partial charge in [-0.25, -0.2) is 0 Å². The second-order valence-corrected chi connectivity index (χ2v) is 5.06. The van der Waals surface area contributed by atoms with Gasteiger partial charge in [0, 0.05) is 6.04 Å². The molecule has 0 unspecified atom stereocenters. The predicted molar refractivity (Wildman–Crippen MR) is 72.0 cm³/mol. The van der Waals surface area contributed by atoms with Gasteiger partial charge in [0.2, 0.25) is 0 Å². The van der Waals surface area contributed by atoms with Gasteiger partial charge >= 0.3 is 0 Å². The smallest absolute Gasteiger partial charge is 0.137 e. The summed E-state index contributed by atoms with van der Waals surface area (Å²) in [7, 11) is 1.64. The number of hydrogen-bond acceptors (Lipinski definition) is 2. The molecule has 0 heterocycles. The third-order valence-corrected chi connectivity index (χ3v) is 3.71. The molecule has 0 bridgehead atoms. The van der Waals surface area contributed by atoms with Gasteiger partial charge < -0.3 is 10.1 Å². The molecule has 1 fully saturated rings. The molecule has 1 aromatic rings. The summed E-state index contributed by atoms with van der Waals surface area (Å²) in [5.74, 6) is 0.749. The molecule has 0 atom stereocenters. The molecular weight excluding hydrogens is 234 g/mol. The fourth-order valence-electron chi connectivity index (χ4n) is 2.42. The van der Waals surface area contributed by atoms with Crippen molar-refractivity contribution in [3.63, 3.8) is 0 Å². The zero-order chi connectivity index (χ0) is 12.1. The standard InChI is InChI=1S/C14H20ClNO/c1-17-14-7-6-11(10-13(14)15)8-9-16-12-4-2-3-5-12/h6-7,10,12,16H,2-5,8-9H2,1H3. The van der Waals surface area contributed by atoms with Crippen molar-refractivity contribution in [1.29, 1.82) is 0 Å². The number of rotatable bonds is 5. The highest BCUT2D eigenvalue weighted by Gasteiger charge is 2.13. The van der Waals surface area contributed by atoms with E-state index < -0.39 is 0 Å². The van der Waals surface area contributed by atoms with Gasteiger partial charge in [-0.3, -0.25) is 0 Å².